The Labute approximate surface area is 60.7 Å². The summed E-state index contributed by atoms with van der Waals surface area (Å²) in [7, 11) is 2.65. The molecule has 0 saturated heterocycles. The van der Waals surface area contributed by atoms with E-state index in [0.29, 0.717) is 0 Å². The van der Waals surface area contributed by atoms with Crippen molar-refractivity contribution in [2.45, 2.75) is 13.8 Å². The van der Waals surface area contributed by atoms with E-state index >= 15 is 0 Å². The van der Waals surface area contributed by atoms with E-state index in [9.17, 15) is 9.18 Å². The molecule has 0 aromatic rings. The quantitative estimate of drug-likeness (QED) is 0.551. The molecule has 0 rings (SSSR count). The number of carbonyl (C=O) groups excluding carboxylic acids is 1. The summed E-state index contributed by atoms with van der Waals surface area (Å²) in [6.45, 7) is 2.99. The van der Waals surface area contributed by atoms with Crippen molar-refractivity contribution in [3.8, 4) is 0 Å². The van der Waals surface area contributed by atoms with Gasteiger partial charge in [0.2, 0.25) is 0 Å². The first kappa shape index (κ1) is 12.1. The molecule has 0 unspecified atom stereocenters. The fraction of sp³-hybridized carbons (Fsp3) is 0.833. The highest BCUT2D eigenvalue weighted by Crippen LogP contribution is 1.82. The van der Waals surface area contributed by atoms with Crippen molar-refractivity contribution in [2.24, 2.45) is 0 Å². The van der Waals surface area contributed by atoms with Gasteiger partial charge in [0.1, 0.15) is 0 Å². The Kier molecular flexibility index (Phi) is 10.1. The van der Waals surface area contributed by atoms with Crippen LogP contribution in [0.25, 0.3) is 0 Å². The van der Waals surface area contributed by atoms with Crippen LogP contribution < -0.4 is 0 Å². The predicted molar refractivity (Wildman–Crippen MR) is 37.1 cm³/mol. The summed E-state index contributed by atoms with van der Waals surface area (Å²) >= 11 is 0. The topological polar surface area (TPSA) is 29.5 Å². The van der Waals surface area contributed by atoms with E-state index in [-0.39, 0.29) is 0 Å². The lowest BCUT2D eigenvalue weighted by molar-refractivity contribution is -0.169. The third-order valence-electron chi connectivity index (χ3n) is 0.739. The van der Waals surface area contributed by atoms with Gasteiger partial charge in [0.25, 0.3) is 5.91 Å². The zero-order valence-electron chi connectivity index (χ0n) is 6.85. The molecule has 0 aliphatic heterocycles. The van der Waals surface area contributed by atoms with Crippen molar-refractivity contribution in [1.82, 2.24) is 5.06 Å². The zero-order chi connectivity index (χ0) is 8.57. The molecule has 1 amide bonds. The number of amides is 1. The third kappa shape index (κ3) is 5.50. The minimum Gasteiger partial charge on any atom is -0.274 e. The van der Waals surface area contributed by atoms with Gasteiger partial charge in [0.15, 0.2) is 6.67 Å². The van der Waals surface area contributed by atoms with Crippen molar-refractivity contribution in [1.29, 1.82) is 0 Å². The largest absolute Gasteiger partial charge is 0.277 e. The Balaban J connectivity index is 0. The maximum absolute atomic E-state index is 11.4. The lowest BCUT2D eigenvalue weighted by Gasteiger charge is -2.09. The molecule has 0 aliphatic carbocycles. The van der Waals surface area contributed by atoms with Crippen LogP contribution in [0.5, 0.6) is 0 Å². The van der Waals surface area contributed by atoms with Crippen LogP contribution in [0.15, 0.2) is 0 Å². The Hall–Kier alpha value is -0.640. The molecular formula is C6H14FNO2. The van der Waals surface area contributed by atoms with E-state index in [4.69, 9.17) is 0 Å². The van der Waals surface area contributed by atoms with Crippen LogP contribution in [0, 0.1) is 0 Å². The molecule has 0 heterocycles. The maximum Gasteiger partial charge on any atom is 0.277 e. The van der Waals surface area contributed by atoms with E-state index < -0.39 is 12.6 Å². The van der Waals surface area contributed by atoms with Gasteiger partial charge in [0, 0.05) is 7.05 Å². The molecule has 0 aromatic heterocycles. The molecule has 0 bridgehead atoms. The summed E-state index contributed by atoms with van der Waals surface area (Å²) in [4.78, 5) is 14.5. The summed E-state index contributed by atoms with van der Waals surface area (Å²) < 4.78 is 11.4. The highest BCUT2D eigenvalue weighted by atomic mass is 19.1. The molecule has 62 valence electrons. The van der Waals surface area contributed by atoms with Crippen LogP contribution in [-0.2, 0) is 9.63 Å². The van der Waals surface area contributed by atoms with E-state index in [0.717, 1.165) is 5.06 Å². The molecule has 0 aliphatic rings. The number of halogens is 1. The number of carbonyl (C=O) groups is 1. The molecule has 4 heteroatoms. The summed E-state index contributed by atoms with van der Waals surface area (Å²) in [5, 5.41) is 0.833. The van der Waals surface area contributed by atoms with Crippen molar-refractivity contribution < 1.29 is 14.0 Å². The minimum absolute atomic E-state index is 0.674. The van der Waals surface area contributed by atoms with E-state index in [1.165, 1.54) is 14.2 Å². The zero-order valence-corrected chi connectivity index (χ0v) is 6.85. The Morgan fingerprint density at radius 2 is 2.00 bits per heavy atom. The van der Waals surface area contributed by atoms with Gasteiger partial charge in [-0.05, 0) is 0 Å². The summed E-state index contributed by atoms with van der Waals surface area (Å²) in [6.07, 6.45) is 0. The van der Waals surface area contributed by atoms with Crippen molar-refractivity contribution >= 4 is 5.91 Å². The Morgan fingerprint density at radius 3 is 2.10 bits per heavy atom. The lowest BCUT2D eigenvalue weighted by atomic mass is 10.7. The molecule has 0 saturated carbocycles. The Morgan fingerprint density at radius 1 is 1.60 bits per heavy atom. The molecular weight excluding hydrogens is 137 g/mol. The standard InChI is InChI=1S/C4H8FNO2.C2H6/c1-6(8-2)4(7)3-5;1-2/h3H2,1-2H3;1-2H3. The monoisotopic (exact) mass is 151 g/mol. The van der Waals surface area contributed by atoms with Crippen LogP contribution in [-0.4, -0.2) is 31.8 Å². The van der Waals surface area contributed by atoms with Gasteiger partial charge in [-0.3, -0.25) is 9.63 Å². The number of nitrogens with zero attached hydrogens (tertiary/aromatic N) is 1. The average Bonchev–Trinajstić information content (AvgIpc) is 2.05. The van der Waals surface area contributed by atoms with E-state index in [1.807, 2.05) is 13.8 Å². The maximum atomic E-state index is 11.4. The SMILES string of the molecule is CC.CON(C)C(=O)CF. The molecule has 0 N–H and O–H groups in total. The molecule has 0 radical (unpaired) electrons. The van der Waals surface area contributed by atoms with Crippen LogP contribution >= 0.6 is 0 Å². The molecule has 0 aromatic carbocycles. The molecule has 0 atom stereocenters. The Bertz CT molecular complexity index is 87.8. The lowest BCUT2D eigenvalue weighted by Crippen LogP contribution is -2.26. The highest BCUT2D eigenvalue weighted by molar-refractivity contribution is 5.75. The second-order valence-electron chi connectivity index (χ2n) is 1.21. The van der Waals surface area contributed by atoms with Gasteiger partial charge in [-0.2, -0.15) is 0 Å². The summed E-state index contributed by atoms with van der Waals surface area (Å²) in [6, 6.07) is 0. The first-order valence-corrected chi connectivity index (χ1v) is 3.09. The van der Waals surface area contributed by atoms with Crippen molar-refractivity contribution in [2.75, 3.05) is 20.8 Å². The van der Waals surface area contributed by atoms with Crippen LogP contribution in [0.2, 0.25) is 0 Å². The number of hydrogen-bond donors (Lipinski definition) is 0. The van der Waals surface area contributed by atoms with E-state index in [1.54, 1.807) is 0 Å². The van der Waals surface area contributed by atoms with Crippen LogP contribution in [0.1, 0.15) is 13.8 Å². The predicted octanol–water partition coefficient (Wildman–Crippen LogP) is 1.00. The number of rotatable bonds is 2. The van der Waals surface area contributed by atoms with E-state index in [2.05, 4.69) is 4.84 Å². The van der Waals surface area contributed by atoms with Gasteiger partial charge < -0.3 is 0 Å². The summed E-state index contributed by atoms with van der Waals surface area (Å²) in [5.74, 6) is -0.674. The van der Waals surface area contributed by atoms with Crippen molar-refractivity contribution in [3.05, 3.63) is 0 Å². The molecule has 3 nitrogen and oxygen atoms in total. The fourth-order valence-corrected chi connectivity index (χ4v) is 0.186. The van der Waals surface area contributed by atoms with Gasteiger partial charge in [-0.1, -0.05) is 13.8 Å². The van der Waals surface area contributed by atoms with Gasteiger partial charge in [-0.25, -0.2) is 9.45 Å². The van der Waals surface area contributed by atoms with Crippen LogP contribution in [0.3, 0.4) is 0 Å². The highest BCUT2D eigenvalue weighted by Gasteiger charge is 2.04. The number of hydroxylamine groups is 2. The summed E-state index contributed by atoms with van der Waals surface area (Å²) in [5.41, 5.74) is 0. The molecule has 0 spiro atoms. The fourth-order valence-electron chi connectivity index (χ4n) is 0.186. The molecule has 10 heavy (non-hydrogen) atoms. The normalized spacial score (nSPS) is 7.70. The number of alkyl halides is 1. The van der Waals surface area contributed by atoms with Gasteiger partial charge in [-0.15, -0.1) is 0 Å². The van der Waals surface area contributed by atoms with Gasteiger partial charge in [0.05, 0.1) is 7.11 Å². The second kappa shape index (κ2) is 8.36. The number of hydrogen-bond acceptors (Lipinski definition) is 2. The third-order valence-corrected chi connectivity index (χ3v) is 0.739. The second-order valence-corrected chi connectivity index (χ2v) is 1.21. The molecule has 0 fully saturated rings. The van der Waals surface area contributed by atoms with Crippen molar-refractivity contribution in [3.63, 3.8) is 0 Å². The smallest absolute Gasteiger partial charge is 0.274 e. The minimum atomic E-state index is -1.01. The van der Waals surface area contributed by atoms with Crippen LogP contribution in [0.4, 0.5) is 4.39 Å². The average molecular weight is 151 g/mol. The first-order chi connectivity index (χ1) is 4.72. The first-order valence-electron chi connectivity index (χ1n) is 3.09. The van der Waals surface area contributed by atoms with Gasteiger partial charge >= 0.3 is 0 Å².